The first-order valence-corrected chi connectivity index (χ1v) is 6.76. The lowest BCUT2D eigenvalue weighted by molar-refractivity contribution is 0.522. The highest BCUT2D eigenvalue weighted by Crippen LogP contribution is 2.18. The van der Waals surface area contributed by atoms with Crippen LogP contribution in [0.2, 0.25) is 0 Å². The average Bonchev–Trinajstić information content (AvgIpc) is 2.72. The lowest BCUT2D eigenvalue weighted by Gasteiger charge is -2.12. The summed E-state index contributed by atoms with van der Waals surface area (Å²) in [5, 5.41) is 0. The highest BCUT2D eigenvalue weighted by molar-refractivity contribution is 5.71. The van der Waals surface area contributed by atoms with Gasteiger partial charge in [-0.1, -0.05) is 12.8 Å². The molecule has 6 nitrogen and oxygen atoms in total. The van der Waals surface area contributed by atoms with E-state index in [1.165, 1.54) is 24.5 Å². The van der Waals surface area contributed by atoms with Crippen LogP contribution in [0.15, 0.2) is 9.59 Å². The van der Waals surface area contributed by atoms with Gasteiger partial charge in [0.1, 0.15) is 5.82 Å². The molecule has 0 N–H and O–H groups in total. The first-order valence-electron chi connectivity index (χ1n) is 6.76. The van der Waals surface area contributed by atoms with Gasteiger partial charge in [0.15, 0.2) is 11.2 Å². The number of fused-ring (bicyclic) bond motifs is 3. The van der Waals surface area contributed by atoms with Crippen LogP contribution in [-0.2, 0) is 27.1 Å². The molecule has 2 aromatic rings. The van der Waals surface area contributed by atoms with Gasteiger partial charge in [-0.05, 0) is 12.8 Å². The predicted octanol–water partition coefficient (Wildman–Crippen LogP) is 0.550. The van der Waals surface area contributed by atoms with Crippen molar-refractivity contribution in [3.8, 4) is 0 Å². The van der Waals surface area contributed by atoms with Gasteiger partial charge < -0.3 is 4.57 Å². The summed E-state index contributed by atoms with van der Waals surface area (Å²) in [5.74, 6) is 0.938. The van der Waals surface area contributed by atoms with Crippen molar-refractivity contribution in [2.75, 3.05) is 0 Å². The molecule has 0 saturated carbocycles. The van der Waals surface area contributed by atoms with E-state index in [0.717, 1.165) is 36.2 Å². The zero-order chi connectivity index (χ0) is 13.6. The van der Waals surface area contributed by atoms with Gasteiger partial charge in [-0.25, -0.2) is 9.78 Å². The maximum absolute atomic E-state index is 12.3. The van der Waals surface area contributed by atoms with E-state index in [9.17, 15) is 9.59 Å². The third-order valence-corrected chi connectivity index (χ3v) is 3.96. The van der Waals surface area contributed by atoms with Gasteiger partial charge >= 0.3 is 5.69 Å². The van der Waals surface area contributed by atoms with Gasteiger partial charge in [-0.2, -0.15) is 0 Å². The van der Waals surface area contributed by atoms with Crippen molar-refractivity contribution in [1.29, 1.82) is 0 Å². The van der Waals surface area contributed by atoms with Crippen LogP contribution in [0, 0.1) is 0 Å². The molecule has 19 heavy (non-hydrogen) atoms. The fraction of sp³-hybridized carbons (Fsp3) is 0.615. The third-order valence-electron chi connectivity index (χ3n) is 3.96. The second-order valence-electron chi connectivity index (χ2n) is 5.22. The zero-order valence-corrected chi connectivity index (χ0v) is 11.3. The molecular weight excluding hydrogens is 244 g/mol. The maximum atomic E-state index is 12.3. The summed E-state index contributed by atoms with van der Waals surface area (Å²) in [4.78, 5) is 28.8. The van der Waals surface area contributed by atoms with Crippen LogP contribution in [0.25, 0.3) is 11.2 Å². The molecule has 0 saturated heterocycles. The smallest absolute Gasteiger partial charge is 0.322 e. The molecular formula is C13H18N4O2. The van der Waals surface area contributed by atoms with Crippen molar-refractivity contribution in [3.05, 3.63) is 26.7 Å². The van der Waals surface area contributed by atoms with E-state index >= 15 is 0 Å². The molecule has 3 rings (SSSR count). The molecule has 0 aromatic carbocycles. The Morgan fingerprint density at radius 1 is 1.00 bits per heavy atom. The molecule has 0 fully saturated rings. The van der Waals surface area contributed by atoms with Crippen molar-refractivity contribution >= 4 is 11.2 Å². The molecule has 0 amide bonds. The fourth-order valence-corrected chi connectivity index (χ4v) is 2.83. The fourth-order valence-electron chi connectivity index (χ4n) is 2.83. The van der Waals surface area contributed by atoms with Crippen molar-refractivity contribution < 1.29 is 0 Å². The summed E-state index contributed by atoms with van der Waals surface area (Å²) < 4.78 is 4.64. The zero-order valence-electron chi connectivity index (χ0n) is 11.3. The summed E-state index contributed by atoms with van der Waals surface area (Å²) in [5.41, 5.74) is 0.535. The Morgan fingerprint density at radius 2 is 1.74 bits per heavy atom. The summed E-state index contributed by atoms with van der Waals surface area (Å²) in [6.45, 7) is 0.819. The SMILES string of the molecule is Cn1c(=O)c2c(nc3n2CCCCCC3)n(C)c1=O. The van der Waals surface area contributed by atoms with Crippen molar-refractivity contribution in [2.24, 2.45) is 14.1 Å². The first kappa shape index (κ1) is 12.2. The quantitative estimate of drug-likeness (QED) is 0.696. The van der Waals surface area contributed by atoms with E-state index in [2.05, 4.69) is 4.98 Å². The standard InChI is InChI=1S/C13H18N4O2/c1-15-11-10(12(18)16(2)13(15)19)17-8-6-4-3-5-7-9(17)14-11/h3-8H2,1-2H3. The minimum absolute atomic E-state index is 0.238. The van der Waals surface area contributed by atoms with Crippen LogP contribution >= 0.6 is 0 Å². The molecule has 2 aromatic heterocycles. The number of hydrogen-bond acceptors (Lipinski definition) is 3. The Kier molecular flexibility index (Phi) is 2.80. The Labute approximate surface area is 110 Å². The molecule has 0 spiro atoms. The number of aryl methyl sites for hydroxylation is 3. The lowest BCUT2D eigenvalue weighted by atomic mass is 10.1. The van der Waals surface area contributed by atoms with E-state index in [1.54, 1.807) is 7.05 Å². The normalized spacial score (nSPS) is 16.1. The molecule has 0 aliphatic carbocycles. The van der Waals surface area contributed by atoms with Crippen molar-refractivity contribution in [3.63, 3.8) is 0 Å². The minimum Gasteiger partial charge on any atom is -0.322 e. The van der Waals surface area contributed by atoms with E-state index in [4.69, 9.17) is 0 Å². The number of aromatic nitrogens is 4. The average molecular weight is 262 g/mol. The number of hydrogen-bond donors (Lipinski definition) is 0. The summed E-state index contributed by atoms with van der Waals surface area (Å²) >= 11 is 0. The van der Waals surface area contributed by atoms with Gasteiger partial charge in [0.25, 0.3) is 5.56 Å². The van der Waals surface area contributed by atoms with Crippen LogP contribution in [0.3, 0.4) is 0 Å². The third kappa shape index (κ3) is 1.74. The Balaban J connectivity index is 2.40. The maximum Gasteiger partial charge on any atom is 0.332 e. The van der Waals surface area contributed by atoms with Gasteiger partial charge in [0, 0.05) is 27.1 Å². The summed E-state index contributed by atoms with van der Waals surface area (Å²) in [6.07, 6.45) is 5.43. The number of nitrogens with zero attached hydrogens (tertiary/aromatic N) is 4. The Bertz CT molecular complexity index is 751. The largest absolute Gasteiger partial charge is 0.332 e. The van der Waals surface area contributed by atoms with Crippen LogP contribution in [0.1, 0.15) is 31.5 Å². The second kappa shape index (κ2) is 4.36. The highest BCUT2D eigenvalue weighted by Gasteiger charge is 2.19. The minimum atomic E-state index is -0.316. The Morgan fingerprint density at radius 3 is 2.53 bits per heavy atom. The van der Waals surface area contributed by atoms with E-state index in [-0.39, 0.29) is 11.2 Å². The van der Waals surface area contributed by atoms with Crippen molar-refractivity contribution in [1.82, 2.24) is 18.7 Å². The second-order valence-corrected chi connectivity index (χ2v) is 5.22. The van der Waals surface area contributed by atoms with Gasteiger partial charge in [-0.15, -0.1) is 0 Å². The molecule has 1 aliphatic rings. The topological polar surface area (TPSA) is 61.8 Å². The van der Waals surface area contributed by atoms with Crippen LogP contribution in [0.4, 0.5) is 0 Å². The molecule has 1 aliphatic heterocycles. The van der Waals surface area contributed by atoms with Gasteiger partial charge in [-0.3, -0.25) is 13.9 Å². The molecule has 0 bridgehead atoms. The summed E-state index contributed by atoms with van der Waals surface area (Å²) in [6, 6.07) is 0. The molecule has 0 unspecified atom stereocenters. The summed E-state index contributed by atoms with van der Waals surface area (Å²) in [7, 11) is 3.19. The van der Waals surface area contributed by atoms with E-state index in [1.807, 2.05) is 4.57 Å². The Hall–Kier alpha value is -1.85. The predicted molar refractivity (Wildman–Crippen MR) is 72.4 cm³/mol. The molecule has 6 heteroatoms. The first-order chi connectivity index (χ1) is 9.11. The van der Waals surface area contributed by atoms with E-state index < -0.39 is 0 Å². The van der Waals surface area contributed by atoms with Gasteiger partial charge in [0.2, 0.25) is 0 Å². The lowest BCUT2D eigenvalue weighted by Crippen LogP contribution is -2.37. The van der Waals surface area contributed by atoms with Crippen LogP contribution < -0.4 is 11.2 Å². The monoisotopic (exact) mass is 262 g/mol. The van der Waals surface area contributed by atoms with Gasteiger partial charge in [0.05, 0.1) is 0 Å². The molecule has 0 atom stereocenters. The van der Waals surface area contributed by atoms with Crippen molar-refractivity contribution in [2.45, 2.75) is 38.6 Å². The van der Waals surface area contributed by atoms with Crippen LogP contribution in [0.5, 0.6) is 0 Å². The molecule has 0 radical (unpaired) electrons. The van der Waals surface area contributed by atoms with Crippen LogP contribution in [-0.4, -0.2) is 18.7 Å². The van der Waals surface area contributed by atoms with E-state index in [0.29, 0.717) is 11.2 Å². The number of imidazole rings is 1. The highest BCUT2D eigenvalue weighted by atomic mass is 16.2. The molecule has 102 valence electrons. The number of rotatable bonds is 0. The molecule has 3 heterocycles.